The third-order valence-corrected chi connectivity index (χ3v) is 4.43. The number of aromatic nitrogens is 2. The van der Waals surface area contributed by atoms with Gasteiger partial charge in [-0.1, -0.05) is 0 Å². The van der Waals surface area contributed by atoms with Gasteiger partial charge in [-0.3, -0.25) is 19.6 Å². The fourth-order valence-electron chi connectivity index (χ4n) is 3.28. The van der Waals surface area contributed by atoms with Crippen LogP contribution in [-0.4, -0.2) is 52.2 Å². The summed E-state index contributed by atoms with van der Waals surface area (Å²) in [7, 11) is 1.93. The van der Waals surface area contributed by atoms with Gasteiger partial charge in [-0.05, 0) is 46.2 Å². The molecule has 0 spiro atoms. The molecule has 0 bridgehead atoms. The highest BCUT2D eigenvalue weighted by Gasteiger charge is 2.25. The van der Waals surface area contributed by atoms with Crippen molar-refractivity contribution in [3.8, 4) is 0 Å². The summed E-state index contributed by atoms with van der Waals surface area (Å²) >= 11 is 0. The van der Waals surface area contributed by atoms with E-state index in [9.17, 15) is 14.9 Å². The molecular weight excluding hydrogens is 298 g/mol. The van der Waals surface area contributed by atoms with Crippen LogP contribution in [0, 0.1) is 29.9 Å². The lowest BCUT2D eigenvalue weighted by Gasteiger charge is -2.32. The van der Waals surface area contributed by atoms with Gasteiger partial charge in [0.15, 0.2) is 0 Å². The second kappa shape index (κ2) is 7.54. The molecular formula is C15H25N5O3. The Kier molecular flexibility index (Phi) is 5.70. The van der Waals surface area contributed by atoms with Crippen molar-refractivity contribution in [1.29, 1.82) is 0 Å². The molecule has 0 aromatic carbocycles. The summed E-state index contributed by atoms with van der Waals surface area (Å²) in [4.78, 5) is 24.9. The fourth-order valence-corrected chi connectivity index (χ4v) is 3.28. The zero-order chi connectivity index (χ0) is 17.0. The molecule has 2 rings (SSSR count). The number of likely N-dealkylation sites (tertiary alicyclic amines) is 1. The summed E-state index contributed by atoms with van der Waals surface area (Å²) in [6.07, 6.45) is 2.50. The van der Waals surface area contributed by atoms with Crippen LogP contribution in [0.1, 0.15) is 30.7 Å². The van der Waals surface area contributed by atoms with Crippen molar-refractivity contribution in [3.05, 3.63) is 21.5 Å². The van der Waals surface area contributed by atoms with E-state index in [-0.39, 0.29) is 11.6 Å². The van der Waals surface area contributed by atoms with Crippen molar-refractivity contribution >= 4 is 11.6 Å². The van der Waals surface area contributed by atoms with Gasteiger partial charge in [0.05, 0.1) is 11.5 Å². The third kappa shape index (κ3) is 4.07. The number of piperidine rings is 1. The van der Waals surface area contributed by atoms with Gasteiger partial charge in [0, 0.05) is 19.5 Å². The Morgan fingerprint density at radius 3 is 2.83 bits per heavy atom. The Bertz CT molecular complexity index is 582. The third-order valence-electron chi connectivity index (χ3n) is 4.43. The highest BCUT2D eigenvalue weighted by atomic mass is 16.6. The van der Waals surface area contributed by atoms with Crippen molar-refractivity contribution in [1.82, 2.24) is 20.0 Å². The van der Waals surface area contributed by atoms with Crippen LogP contribution in [0.25, 0.3) is 0 Å². The number of hydrogen-bond donors (Lipinski definition) is 1. The average Bonchev–Trinajstić information content (AvgIpc) is 2.79. The van der Waals surface area contributed by atoms with Gasteiger partial charge < -0.3 is 10.2 Å². The second-order valence-electron chi connectivity index (χ2n) is 6.16. The minimum atomic E-state index is -0.414. The zero-order valence-corrected chi connectivity index (χ0v) is 14.0. The Balaban J connectivity index is 1.94. The molecule has 1 saturated heterocycles. The van der Waals surface area contributed by atoms with E-state index in [0.29, 0.717) is 30.3 Å². The molecule has 1 aliphatic rings. The van der Waals surface area contributed by atoms with Crippen LogP contribution in [0.3, 0.4) is 0 Å². The number of aryl methyl sites for hydroxylation is 2. The first-order valence-electron chi connectivity index (χ1n) is 8.04. The smallest absolute Gasteiger partial charge is 0.312 e. The first-order valence-corrected chi connectivity index (χ1v) is 8.04. The van der Waals surface area contributed by atoms with Crippen LogP contribution in [0.5, 0.6) is 0 Å². The predicted octanol–water partition coefficient (Wildman–Crippen LogP) is 1.26. The molecule has 1 amide bonds. The molecule has 8 heteroatoms. The van der Waals surface area contributed by atoms with Gasteiger partial charge in [-0.2, -0.15) is 5.10 Å². The second-order valence-corrected chi connectivity index (χ2v) is 6.16. The highest BCUT2D eigenvalue weighted by molar-refractivity contribution is 5.76. The molecule has 1 aromatic rings. The standard InChI is InChI=1S/C15H25N5O3/c1-11-15(20(22)23)12(2)19(17-11)8-6-14(21)18-7-4-5-13(10-18)9-16-3/h13,16H,4-10H2,1-3H3. The van der Waals surface area contributed by atoms with E-state index < -0.39 is 4.92 Å². The molecule has 1 N–H and O–H groups in total. The summed E-state index contributed by atoms with van der Waals surface area (Å²) < 4.78 is 1.57. The molecule has 1 fully saturated rings. The van der Waals surface area contributed by atoms with E-state index in [2.05, 4.69) is 10.4 Å². The summed E-state index contributed by atoms with van der Waals surface area (Å²) in [5, 5.41) is 18.4. The maximum atomic E-state index is 12.4. The van der Waals surface area contributed by atoms with Crippen LogP contribution in [0.15, 0.2) is 0 Å². The monoisotopic (exact) mass is 323 g/mol. The molecule has 0 radical (unpaired) electrons. The SMILES string of the molecule is CNCC1CCCN(C(=O)CCn2nc(C)c([N+](=O)[O-])c2C)C1. The number of nitrogens with zero attached hydrogens (tertiary/aromatic N) is 4. The highest BCUT2D eigenvalue weighted by Crippen LogP contribution is 2.22. The van der Waals surface area contributed by atoms with Gasteiger partial charge in [-0.15, -0.1) is 0 Å². The number of rotatable bonds is 6. The first-order chi connectivity index (χ1) is 10.9. The van der Waals surface area contributed by atoms with Crippen molar-refractivity contribution in [2.24, 2.45) is 5.92 Å². The molecule has 8 nitrogen and oxygen atoms in total. The van der Waals surface area contributed by atoms with E-state index in [1.54, 1.807) is 18.5 Å². The summed E-state index contributed by atoms with van der Waals surface area (Å²) in [5.41, 5.74) is 0.948. The number of hydrogen-bond acceptors (Lipinski definition) is 5. The van der Waals surface area contributed by atoms with E-state index >= 15 is 0 Å². The van der Waals surface area contributed by atoms with Crippen LogP contribution >= 0.6 is 0 Å². The van der Waals surface area contributed by atoms with Gasteiger partial charge in [0.25, 0.3) is 0 Å². The number of amides is 1. The molecule has 1 atom stereocenters. The van der Waals surface area contributed by atoms with Gasteiger partial charge in [0.1, 0.15) is 11.4 Å². The van der Waals surface area contributed by atoms with E-state index in [0.717, 1.165) is 32.5 Å². The van der Waals surface area contributed by atoms with Crippen LogP contribution < -0.4 is 5.32 Å². The Morgan fingerprint density at radius 1 is 1.48 bits per heavy atom. The summed E-state index contributed by atoms with van der Waals surface area (Å²) in [5.74, 6) is 0.605. The first kappa shape index (κ1) is 17.4. The van der Waals surface area contributed by atoms with Gasteiger partial charge in [0.2, 0.25) is 5.91 Å². The Morgan fingerprint density at radius 2 is 2.22 bits per heavy atom. The van der Waals surface area contributed by atoms with Crippen LogP contribution in [0.2, 0.25) is 0 Å². The molecule has 23 heavy (non-hydrogen) atoms. The maximum Gasteiger partial charge on any atom is 0.312 e. The largest absolute Gasteiger partial charge is 0.342 e. The topological polar surface area (TPSA) is 93.3 Å². The van der Waals surface area contributed by atoms with E-state index in [4.69, 9.17) is 0 Å². The molecule has 1 aliphatic heterocycles. The van der Waals surface area contributed by atoms with Crippen molar-refractivity contribution in [2.75, 3.05) is 26.7 Å². The molecule has 0 saturated carbocycles. The quantitative estimate of drug-likeness (QED) is 0.628. The molecule has 128 valence electrons. The lowest BCUT2D eigenvalue weighted by atomic mass is 9.98. The van der Waals surface area contributed by atoms with Gasteiger partial charge >= 0.3 is 5.69 Å². The molecule has 0 aliphatic carbocycles. The fraction of sp³-hybridized carbons (Fsp3) is 0.733. The Labute approximate surface area is 136 Å². The average molecular weight is 323 g/mol. The molecule has 2 heterocycles. The molecule has 1 unspecified atom stereocenters. The maximum absolute atomic E-state index is 12.4. The number of nitro groups is 1. The normalized spacial score (nSPS) is 18.2. The summed E-state index contributed by atoms with van der Waals surface area (Å²) in [6.45, 7) is 6.19. The van der Waals surface area contributed by atoms with Crippen molar-refractivity contribution in [2.45, 2.75) is 39.7 Å². The number of carbonyl (C=O) groups excluding carboxylic acids is 1. The van der Waals surface area contributed by atoms with Crippen LogP contribution in [-0.2, 0) is 11.3 Å². The minimum absolute atomic E-state index is 0.0458. The molecule has 1 aromatic heterocycles. The number of carbonyl (C=O) groups is 1. The van der Waals surface area contributed by atoms with E-state index in [1.165, 1.54) is 0 Å². The van der Waals surface area contributed by atoms with Crippen molar-refractivity contribution in [3.63, 3.8) is 0 Å². The Hall–Kier alpha value is -1.96. The minimum Gasteiger partial charge on any atom is -0.342 e. The lowest BCUT2D eigenvalue weighted by Crippen LogP contribution is -2.42. The summed E-state index contributed by atoms with van der Waals surface area (Å²) in [6, 6.07) is 0. The van der Waals surface area contributed by atoms with Crippen molar-refractivity contribution < 1.29 is 9.72 Å². The predicted molar refractivity (Wildman–Crippen MR) is 86.2 cm³/mol. The zero-order valence-electron chi connectivity index (χ0n) is 14.0. The van der Waals surface area contributed by atoms with Gasteiger partial charge in [-0.25, -0.2) is 0 Å². The number of nitrogens with one attached hydrogen (secondary N) is 1. The van der Waals surface area contributed by atoms with Crippen LogP contribution in [0.4, 0.5) is 5.69 Å². The van der Waals surface area contributed by atoms with E-state index in [1.807, 2.05) is 11.9 Å². The lowest BCUT2D eigenvalue weighted by molar-refractivity contribution is -0.386.